The van der Waals surface area contributed by atoms with Gasteiger partial charge in [-0.1, -0.05) is 6.07 Å². The van der Waals surface area contributed by atoms with Crippen LogP contribution in [0, 0.1) is 0 Å². The summed E-state index contributed by atoms with van der Waals surface area (Å²) in [7, 11) is -6.69. The minimum atomic E-state index is -3.61. The second-order valence-corrected chi connectivity index (χ2v) is 10.1. The lowest BCUT2D eigenvalue weighted by Gasteiger charge is -2.18. The van der Waals surface area contributed by atoms with Gasteiger partial charge in [0.1, 0.15) is 9.84 Å². The maximum absolute atomic E-state index is 12.4. The first-order chi connectivity index (χ1) is 10.2. The van der Waals surface area contributed by atoms with Gasteiger partial charge in [0.25, 0.3) is 0 Å². The van der Waals surface area contributed by atoms with Gasteiger partial charge in [-0.2, -0.15) is 0 Å². The maximum Gasteiger partial charge on any atom is 0.240 e. The second-order valence-electron chi connectivity index (χ2n) is 6.08. The molecule has 5 nitrogen and oxygen atoms in total. The Balaban J connectivity index is 2.10. The van der Waals surface area contributed by atoms with Crippen molar-refractivity contribution in [3.05, 3.63) is 29.3 Å². The molecule has 1 aromatic carbocycles. The molecule has 0 amide bonds. The van der Waals surface area contributed by atoms with Crippen LogP contribution in [0.4, 0.5) is 0 Å². The number of sulfone groups is 1. The SMILES string of the molecule is C[C@@H](CCS(C)(=O)=O)NS(=O)(=O)c1ccc2c(c1)CCCC2. The third kappa shape index (κ3) is 4.79. The zero-order chi connectivity index (χ0) is 16.4. The van der Waals surface area contributed by atoms with Gasteiger partial charge in [0.2, 0.25) is 10.0 Å². The summed E-state index contributed by atoms with van der Waals surface area (Å²) < 4.78 is 49.7. The zero-order valence-electron chi connectivity index (χ0n) is 13.0. The number of benzene rings is 1. The highest BCUT2D eigenvalue weighted by Crippen LogP contribution is 2.24. The molecule has 124 valence electrons. The van der Waals surface area contributed by atoms with Gasteiger partial charge in [0, 0.05) is 12.3 Å². The number of sulfonamides is 1. The van der Waals surface area contributed by atoms with Crippen molar-refractivity contribution in [1.29, 1.82) is 0 Å². The molecule has 0 fully saturated rings. The van der Waals surface area contributed by atoms with Crippen molar-refractivity contribution in [3.63, 3.8) is 0 Å². The summed E-state index contributed by atoms with van der Waals surface area (Å²) in [6.45, 7) is 1.68. The summed E-state index contributed by atoms with van der Waals surface area (Å²) in [5.74, 6) is -0.0269. The highest BCUT2D eigenvalue weighted by Gasteiger charge is 2.20. The summed E-state index contributed by atoms with van der Waals surface area (Å²) >= 11 is 0. The van der Waals surface area contributed by atoms with E-state index in [1.807, 2.05) is 6.07 Å². The van der Waals surface area contributed by atoms with Gasteiger partial charge in [-0.25, -0.2) is 21.6 Å². The number of nitrogens with one attached hydrogen (secondary N) is 1. The first-order valence-electron chi connectivity index (χ1n) is 7.49. The first kappa shape index (κ1) is 17.4. The fourth-order valence-corrected chi connectivity index (χ4v) is 4.77. The van der Waals surface area contributed by atoms with Crippen molar-refractivity contribution in [2.45, 2.75) is 50.0 Å². The molecule has 7 heteroatoms. The molecule has 22 heavy (non-hydrogen) atoms. The van der Waals surface area contributed by atoms with E-state index in [0.29, 0.717) is 0 Å². The Bertz CT molecular complexity index is 739. The maximum atomic E-state index is 12.4. The van der Waals surface area contributed by atoms with Crippen LogP contribution in [0.2, 0.25) is 0 Å². The van der Waals surface area contributed by atoms with E-state index in [0.717, 1.165) is 37.5 Å². The van der Waals surface area contributed by atoms with Crippen LogP contribution in [0.25, 0.3) is 0 Å². The molecule has 0 saturated heterocycles. The van der Waals surface area contributed by atoms with E-state index in [2.05, 4.69) is 4.72 Å². The summed E-state index contributed by atoms with van der Waals surface area (Å²) in [5.41, 5.74) is 2.34. The van der Waals surface area contributed by atoms with Crippen molar-refractivity contribution in [2.75, 3.05) is 12.0 Å². The number of aryl methyl sites for hydroxylation is 2. The van der Waals surface area contributed by atoms with Crippen LogP contribution in [0.5, 0.6) is 0 Å². The molecular formula is C15H23NO4S2. The molecule has 0 heterocycles. The second kappa shape index (κ2) is 6.68. The molecule has 1 aliphatic rings. The molecule has 1 aliphatic carbocycles. The van der Waals surface area contributed by atoms with Crippen molar-refractivity contribution < 1.29 is 16.8 Å². The number of rotatable bonds is 6. The summed E-state index contributed by atoms with van der Waals surface area (Å²) in [4.78, 5) is 0.263. The van der Waals surface area contributed by atoms with E-state index in [-0.39, 0.29) is 17.1 Å². The molecule has 0 radical (unpaired) electrons. The predicted octanol–water partition coefficient (Wildman–Crippen LogP) is 1.67. The first-order valence-corrected chi connectivity index (χ1v) is 11.0. The Morgan fingerprint density at radius 2 is 1.73 bits per heavy atom. The fourth-order valence-electron chi connectivity index (χ4n) is 2.66. The van der Waals surface area contributed by atoms with Crippen molar-refractivity contribution in [1.82, 2.24) is 4.72 Å². The lowest BCUT2D eigenvalue weighted by molar-refractivity contribution is 0.550. The van der Waals surface area contributed by atoms with Crippen molar-refractivity contribution in [2.24, 2.45) is 0 Å². The van der Waals surface area contributed by atoms with E-state index in [1.165, 1.54) is 5.56 Å². The molecule has 0 spiro atoms. The third-order valence-corrected chi connectivity index (χ3v) is 6.47. The van der Waals surface area contributed by atoms with Crippen LogP contribution in [0.3, 0.4) is 0 Å². The Hall–Kier alpha value is -0.920. The molecule has 1 aromatic rings. The molecule has 0 aliphatic heterocycles. The quantitative estimate of drug-likeness (QED) is 0.850. The number of hydrogen-bond donors (Lipinski definition) is 1. The Morgan fingerprint density at radius 3 is 2.36 bits per heavy atom. The van der Waals surface area contributed by atoms with Crippen LogP contribution >= 0.6 is 0 Å². The van der Waals surface area contributed by atoms with Gasteiger partial charge in [-0.05, 0) is 62.3 Å². The van der Waals surface area contributed by atoms with E-state index in [4.69, 9.17) is 0 Å². The Kier molecular flexibility index (Phi) is 5.29. The zero-order valence-corrected chi connectivity index (χ0v) is 14.6. The standard InChI is InChI=1S/C15H23NO4S2/c1-12(9-10-21(2,17)18)16-22(19,20)15-8-7-13-5-3-4-6-14(13)11-15/h7-8,11-12,16H,3-6,9-10H2,1-2H3/t12-/m0/s1. The van der Waals surface area contributed by atoms with Gasteiger partial charge >= 0.3 is 0 Å². The smallest absolute Gasteiger partial charge is 0.229 e. The normalized spacial score (nSPS) is 17.0. The van der Waals surface area contributed by atoms with Crippen molar-refractivity contribution in [3.8, 4) is 0 Å². The highest BCUT2D eigenvalue weighted by molar-refractivity contribution is 7.90. The molecule has 1 atom stereocenters. The van der Waals surface area contributed by atoms with Gasteiger partial charge in [-0.15, -0.1) is 0 Å². The lowest BCUT2D eigenvalue weighted by Crippen LogP contribution is -2.34. The van der Waals surface area contributed by atoms with Crippen molar-refractivity contribution >= 4 is 19.9 Å². The van der Waals surface area contributed by atoms with Crippen LogP contribution in [0.15, 0.2) is 23.1 Å². The summed E-state index contributed by atoms with van der Waals surface area (Å²) in [6.07, 6.45) is 5.59. The fraction of sp³-hybridized carbons (Fsp3) is 0.600. The van der Waals surface area contributed by atoms with Gasteiger partial charge in [0.05, 0.1) is 10.6 Å². The minimum absolute atomic E-state index is 0.0269. The summed E-state index contributed by atoms with van der Waals surface area (Å²) in [5, 5.41) is 0. The highest BCUT2D eigenvalue weighted by atomic mass is 32.2. The van der Waals surface area contributed by atoms with Crippen LogP contribution in [0.1, 0.15) is 37.3 Å². The van der Waals surface area contributed by atoms with E-state index < -0.39 is 25.9 Å². The topological polar surface area (TPSA) is 80.3 Å². The number of fused-ring (bicyclic) bond motifs is 1. The predicted molar refractivity (Wildman–Crippen MR) is 87.2 cm³/mol. The van der Waals surface area contributed by atoms with Gasteiger partial charge < -0.3 is 0 Å². The molecule has 0 saturated carbocycles. The molecule has 0 unspecified atom stereocenters. The van der Waals surface area contributed by atoms with Gasteiger partial charge in [0.15, 0.2) is 0 Å². The van der Waals surface area contributed by atoms with Gasteiger partial charge in [-0.3, -0.25) is 0 Å². The van der Waals surface area contributed by atoms with Crippen LogP contribution in [-0.2, 0) is 32.7 Å². The van der Waals surface area contributed by atoms with Crippen LogP contribution in [-0.4, -0.2) is 34.9 Å². The third-order valence-electron chi connectivity index (χ3n) is 3.91. The number of hydrogen-bond acceptors (Lipinski definition) is 4. The summed E-state index contributed by atoms with van der Waals surface area (Å²) in [6, 6.07) is 4.86. The monoisotopic (exact) mass is 345 g/mol. The average molecular weight is 345 g/mol. The van der Waals surface area contributed by atoms with E-state index in [9.17, 15) is 16.8 Å². The lowest BCUT2D eigenvalue weighted by atomic mass is 9.92. The molecule has 0 aromatic heterocycles. The largest absolute Gasteiger partial charge is 0.240 e. The molecule has 1 N–H and O–H groups in total. The van der Waals surface area contributed by atoms with E-state index >= 15 is 0 Å². The minimum Gasteiger partial charge on any atom is -0.229 e. The Morgan fingerprint density at radius 1 is 1.09 bits per heavy atom. The van der Waals surface area contributed by atoms with E-state index in [1.54, 1.807) is 19.1 Å². The Labute approximate surface area is 133 Å². The van der Waals surface area contributed by atoms with Crippen LogP contribution < -0.4 is 4.72 Å². The molecular weight excluding hydrogens is 322 g/mol. The molecule has 2 rings (SSSR count). The average Bonchev–Trinajstić information content (AvgIpc) is 2.43. The molecule has 0 bridgehead atoms.